The molecule has 5 heteroatoms. The Morgan fingerprint density at radius 2 is 2.17 bits per heavy atom. The van der Waals surface area contributed by atoms with Crippen LogP contribution in [0, 0.1) is 0 Å². The van der Waals surface area contributed by atoms with Gasteiger partial charge in [0, 0.05) is 35.4 Å². The lowest BCUT2D eigenvalue weighted by Crippen LogP contribution is -2.35. The van der Waals surface area contributed by atoms with Gasteiger partial charge in [0.05, 0.1) is 6.61 Å². The highest BCUT2D eigenvalue weighted by Gasteiger charge is 2.17. The van der Waals surface area contributed by atoms with E-state index in [0.29, 0.717) is 17.6 Å². The molecular weight excluding hydrogens is 312 g/mol. The third-order valence-electron chi connectivity index (χ3n) is 2.71. The number of nitrogens with two attached hydrogens (primary N) is 1. The molecule has 1 aromatic rings. The van der Waals surface area contributed by atoms with Crippen LogP contribution in [0.15, 0.2) is 22.7 Å². The van der Waals surface area contributed by atoms with Crippen molar-refractivity contribution >= 4 is 38.8 Å². The van der Waals surface area contributed by atoms with E-state index >= 15 is 0 Å². The maximum absolute atomic E-state index is 5.83. The summed E-state index contributed by atoms with van der Waals surface area (Å²) in [5, 5.41) is 0. The lowest BCUT2D eigenvalue weighted by molar-refractivity contribution is 0.204. The largest absolute Gasteiger partial charge is 0.389 e. The van der Waals surface area contributed by atoms with Crippen molar-refractivity contribution in [2.24, 2.45) is 5.73 Å². The van der Waals surface area contributed by atoms with E-state index in [0.717, 1.165) is 22.3 Å². The van der Waals surface area contributed by atoms with Gasteiger partial charge >= 0.3 is 0 Å². The molecule has 0 saturated carbocycles. The van der Waals surface area contributed by atoms with E-state index in [4.69, 9.17) is 22.7 Å². The van der Waals surface area contributed by atoms with Crippen LogP contribution < -0.4 is 10.6 Å². The molecule has 0 atom stereocenters. The summed E-state index contributed by atoms with van der Waals surface area (Å²) in [4.78, 5) is 2.64. The molecule has 0 aliphatic carbocycles. The van der Waals surface area contributed by atoms with Gasteiger partial charge in [-0.1, -0.05) is 18.3 Å². The standard InChI is InChI=1S/C13H19BrN2OS/c1-9(2)16(7-8-17-3)11-6-4-5-10(14)12(11)13(15)18/h4-6,9H,7-8H2,1-3H3,(H2,15,18). The van der Waals surface area contributed by atoms with E-state index < -0.39 is 0 Å². The molecule has 0 aliphatic heterocycles. The molecule has 0 saturated heterocycles. The summed E-state index contributed by atoms with van der Waals surface area (Å²) in [7, 11) is 1.70. The van der Waals surface area contributed by atoms with Crippen LogP contribution in [0.1, 0.15) is 19.4 Å². The van der Waals surface area contributed by atoms with Gasteiger partial charge in [0.25, 0.3) is 0 Å². The summed E-state index contributed by atoms with van der Waals surface area (Å²) in [6, 6.07) is 6.33. The minimum Gasteiger partial charge on any atom is -0.389 e. The van der Waals surface area contributed by atoms with E-state index in [9.17, 15) is 0 Å². The van der Waals surface area contributed by atoms with Crippen LogP contribution >= 0.6 is 28.1 Å². The highest BCUT2D eigenvalue weighted by atomic mass is 79.9. The number of ether oxygens (including phenoxy) is 1. The first kappa shape index (κ1) is 15.4. The number of methoxy groups -OCH3 is 1. The SMILES string of the molecule is COCCN(c1cccc(Br)c1C(N)=S)C(C)C. The van der Waals surface area contributed by atoms with Gasteiger partial charge in [0.1, 0.15) is 4.99 Å². The number of hydrogen-bond donors (Lipinski definition) is 1. The second-order valence-electron chi connectivity index (χ2n) is 4.28. The molecule has 0 unspecified atom stereocenters. The van der Waals surface area contributed by atoms with Crippen molar-refractivity contribution in [2.75, 3.05) is 25.2 Å². The topological polar surface area (TPSA) is 38.5 Å². The van der Waals surface area contributed by atoms with Crippen molar-refractivity contribution in [3.8, 4) is 0 Å². The minimum absolute atomic E-state index is 0.350. The highest BCUT2D eigenvalue weighted by molar-refractivity contribution is 9.10. The van der Waals surface area contributed by atoms with E-state index in [2.05, 4.69) is 34.7 Å². The molecule has 0 heterocycles. The quantitative estimate of drug-likeness (QED) is 0.814. The molecule has 1 rings (SSSR count). The summed E-state index contributed by atoms with van der Waals surface area (Å²) in [5.41, 5.74) is 7.76. The predicted octanol–water partition coefficient (Wildman–Crippen LogP) is 2.94. The van der Waals surface area contributed by atoms with Crippen LogP contribution in [0.2, 0.25) is 0 Å². The third kappa shape index (κ3) is 3.67. The first-order chi connectivity index (χ1) is 8.49. The Bertz CT molecular complexity index is 423. The molecule has 0 aliphatic rings. The van der Waals surface area contributed by atoms with Crippen LogP contribution in [0.4, 0.5) is 5.69 Å². The second kappa shape index (κ2) is 7.07. The molecule has 0 radical (unpaired) electrons. The van der Waals surface area contributed by atoms with Gasteiger partial charge in [0.2, 0.25) is 0 Å². The summed E-state index contributed by atoms with van der Waals surface area (Å²) in [6.07, 6.45) is 0. The van der Waals surface area contributed by atoms with Crippen molar-refractivity contribution in [3.05, 3.63) is 28.2 Å². The summed E-state index contributed by atoms with van der Waals surface area (Å²) < 4.78 is 6.08. The molecule has 2 N–H and O–H groups in total. The lowest BCUT2D eigenvalue weighted by Gasteiger charge is -2.31. The number of rotatable bonds is 6. The molecule has 0 bridgehead atoms. The van der Waals surface area contributed by atoms with Gasteiger partial charge in [0.15, 0.2) is 0 Å². The average molecular weight is 331 g/mol. The van der Waals surface area contributed by atoms with Gasteiger partial charge in [-0.15, -0.1) is 0 Å². The lowest BCUT2D eigenvalue weighted by atomic mass is 10.1. The normalized spacial score (nSPS) is 10.7. The van der Waals surface area contributed by atoms with E-state index in [1.165, 1.54) is 0 Å². The Balaban J connectivity index is 3.19. The smallest absolute Gasteiger partial charge is 0.107 e. The number of benzene rings is 1. The molecule has 3 nitrogen and oxygen atoms in total. The Morgan fingerprint density at radius 1 is 1.50 bits per heavy atom. The molecule has 18 heavy (non-hydrogen) atoms. The number of halogens is 1. The first-order valence-corrected chi connectivity index (χ1v) is 7.03. The average Bonchev–Trinajstić information content (AvgIpc) is 2.28. The van der Waals surface area contributed by atoms with Crippen LogP contribution in [0.5, 0.6) is 0 Å². The van der Waals surface area contributed by atoms with E-state index in [-0.39, 0.29) is 0 Å². The predicted molar refractivity (Wildman–Crippen MR) is 84.4 cm³/mol. The summed E-state index contributed by atoms with van der Waals surface area (Å²) in [5.74, 6) is 0. The molecule has 1 aromatic carbocycles. The zero-order valence-electron chi connectivity index (χ0n) is 10.9. The van der Waals surface area contributed by atoms with Gasteiger partial charge in [-0.25, -0.2) is 0 Å². The van der Waals surface area contributed by atoms with Crippen LogP contribution in [-0.2, 0) is 4.74 Å². The molecule has 0 fully saturated rings. The maximum Gasteiger partial charge on any atom is 0.107 e. The van der Waals surface area contributed by atoms with E-state index in [1.54, 1.807) is 7.11 Å². The molecule has 0 amide bonds. The Labute approximate surface area is 122 Å². The van der Waals surface area contributed by atoms with E-state index in [1.807, 2.05) is 18.2 Å². The van der Waals surface area contributed by atoms with Crippen molar-refractivity contribution in [3.63, 3.8) is 0 Å². The van der Waals surface area contributed by atoms with Gasteiger partial charge in [-0.2, -0.15) is 0 Å². The van der Waals surface area contributed by atoms with Crippen LogP contribution in [-0.4, -0.2) is 31.3 Å². The first-order valence-electron chi connectivity index (χ1n) is 5.83. The van der Waals surface area contributed by atoms with Crippen molar-refractivity contribution in [1.82, 2.24) is 0 Å². The Morgan fingerprint density at radius 3 is 2.67 bits per heavy atom. The fourth-order valence-electron chi connectivity index (χ4n) is 1.84. The van der Waals surface area contributed by atoms with Crippen molar-refractivity contribution < 1.29 is 4.74 Å². The molecule has 100 valence electrons. The summed E-state index contributed by atoms with van der Waals surface area (Å²) in [6.45, 7) is 5.75. The molecular formula is C13H19BrN2OS. The second-order valence-corrected chi connectivity index (χ2v) is 5.57. The number of hydrogen-bond acceptors (Lipinski definition) is 3. The van der Waals surface area contributed by atoms with Crippen molar-refractivity contribution in [1.29, 1.82) is 0 Å². The van der Waals surface area contributed by atoms with Gasteiger partial charge in [-0.3, -0.25) is 0 Å². The third-order valence-corrected chi connectivity index (χ3v) is 3.57. The molecule has 0 aromatic heterocycles. The molecule has 0 spiro atoms. The van der Waals surface area contributed by atoms with Gasteiger partial charge < -0.3 is 15.4 Å². The Kier molecular flexibility index (Phi) is 6.05. The monoisotopic (exact) mass is 330 g/mol. The fraction of sp³-hybridized carbons (Fsp3) is 0.462. The van der Waals surface area contributed by atoms with Crippen LogP contribution in [0.3, 0.4) is 0 Å². The number of anilines is 1. The fourth-order valence-corrected chi connectivity index (χ4v) is 2.76. The maximum atomic E-state index is 5.83. The van der Waals surface area contributed by atoms with Crippen molar-refractivity contribution in [2.45, 2.75) is 19.9 Å². The minimum atomic E-state index is 0.350. The zero-order chi connectivity index (χ0) is 13.7. The number of nitrogens with zero attached hydrogens (tertiary/aromatic N) is 1. The van der Waals surface area contributed by atoms with Crippen LogP contribution in [0.25, 0.3) is 0 Å². The Hall–Kier alpha value is -0.650. The van der Waals surface area contributed by atoms with Gasteiger partial charge in [-0.05, 0) is 41.9 Å². The number of thiocarbonyl (C=S) groups is 1. The summed E-state index contributed by atoms with van der Waals surface area (Å²) >= 11 is 8.65. The highest BCUT2D eigenvalue weighted by Crippen LogP contribution is 2.29. The zero-order valence-corrected chi connectivity index (χ0v) is 13.3.